The van der Waals surface area contributed by atoms with Gasteiger partial charge in [-0.05, 0) is 53.6 Å². The number of Topliss-reactive ketones (excluding diaryl/α,β-unsaturated/α-hetero) is 3. The number of aliphatic hydroxyl groups is 3. The highest BCUT2D eigenvalue weighted by Gasteiger charge is 2.45. The number of ether oxygens (including phenoxy) is 1. The summed E-state index contributed by atoms with van der Waals surface area (Å²) >= 11 is 3.08. The van der Waals surface area contributed by atoms with Crippen molar-refractivity contribution in [2.75, 3.05) is 42.6 Å². The van der Waals surface area contributed by atoms with Crippen LogP contribution in [0, 0.1) is 35.5 Å². The highest BCUT2D eigenvalue weighted by molar-refractivity contribution is 9.09. The van der Waals surface area contributed by atoms with Crippen LogP contribution in [-0.2, 0) is 81.4 Å². The molecule has 3 aliphatic heterocycles. The summed E-state index contributed by atoms with van der Waals surface area (Å²) in [6, 6.07) is 4.37. The summed E-state index contributed by atoms with van der Waals surface area (Å²) < 4.78 is 21.4. The SMILES string of the molecule is CC[C@H](C)[C@@H]1NC(=O)CNC(=O)C2CC(=O)[C@H]([C@@H](C)[C@@H](O)CO)NC(=O)[C@@H]3CC(O)CN3C(=O)[C@H](CC(N)=O)CC(=O)C(CS(=O)c3[nH]c4cc(OCc5ccc(NC(=O)[C@H](C)CC(=O)[C@@H](NC(=O)CBr)C(C)C)cc5)ccc4c3C2)NC(=O)CNC1=O. The van der Waals surface area contributed by atoms with Gasteiger partial charge in [-0.3, -0.25) is 61.7 Å². The predicted molar refractivity (Wildman–Crippen MR) is 322 cm³/mol. The molecule has 4 unspecified atom stereocenters. The second kappa shape index (κ2) is 31.6. The van der Waals surface area contributed by atoms with Gasteiger partial charge in [0.1, 0.15) is 29.5 Å². The maximum absolute atomic E-state index is 15.2. The van der Waals surface area contributed by atoms with Crippen molar-refractivity contribution in [3.8, 4) is 5.75 Å². The van der Waals surface area contributed by atoms with E-state index in [4.69, 9.17) is 10.5 Å². The summed E-state index contributed by atoms with van der Waals surface area (Å²) in [5.74, 6) is -15.8. The molecule has 29 heteroatoms. The number of primary amides is 1. The van der Waals surface area contributed by atoms with Crippen LogP contribution < -0.4 is 47.7 Å². The van der Waals surface area contributed by atoms with Gasteiger partial charge in [-0.15, -0.1) is 0 Å². The number of fused-ring (bicyclic) bond motifs is 5. The molecule has 1 saturated heterocycles. The Hall–Kier alpha value is -7.47. The summed E-state index contributed by atoms with van der Waals surface area (Å²) in [5.41, 5.74) is 7.11. The third-order valence-corrected chi connectivity index (χ3v) is 18.1. The quantitative estimate of drug-likeness (QED) is 0.0694. The first-order valence-electron chi connectivity index (χ1n) is 29.1. The normalized spacial score (nSPS) is 24.7. The minimum absolute atomic E-state index is 0.0199. The minimum Gasteiger partial charge on any atom is -0.489 e. The summed E-state index contributed by atoms with van der Waals surface area (Å²) in [5, 5.41) is 50.3. The second-order valence-electron chi connectivity index (χ2n) is 23.2. The zero-order valence-electron chi connectivity index (χ0n) is 49.8. The number of nitrogens with zero attached hydrogens (tertiary/aromatic N) is 1. The van der Waals surface area contributed by atoms with Gasteiger partial charge in [-0.1, -0.05) is 76.0 Å². The zero-order chi connectivity index (χ0) is 64.8. The Balaban J connectivity index is 1.41. The second-order valence-corrected chi connectivity index (χ2v) is 25.2. The first-order valence-corrected chi connectivity index (χ1v) is 31.6. The number of benzene rings is 2. The van der Waals surface area contributed by atoms with Gasteiger partial charge in [-0.2, -0.15) is 0 Å². The summed E-state index contributed by atoms with van der Waals surface area (Å²) in [6.45, 7) is 7.05. The number of amides is 9. The standard InChI is InChI=1S/C59H79BrN10O17S/c1-7-29(4)52-57(84)63-22-49(79)65-41-27-88(86)58-39(38-13-12-37(20-40(38)66-58)87-26-32-8-10-35(11-9-32)64-54(81)30(5)14-44(74)51(28(2)3)67-48(78)21-60)15-33(55(82)62-23-50(80)68-52)16-45(75)53(31(6)46(76)25-71)69-56(83)42-19-36(72)24-70(42)59(85)34(17-43(41)73)18-47(61)77/h8-13,20,28-31,33-34,36,41-42,46,51-53,66,71-72,76H,7,14-19,21-27H2,1-6H3,(H2,61,77)(H,62,82)(H,63,84)(H,64,81)(H,65,79)(H,67,78)(H,68,80)(H,69,83)/t29-,30+,31-,33?,34-,36?,41?,42-,46-,51-,52-,53-,88?/m0/s1. The van der Waals surface area contributed by atoms with Crippen LogP contribution in [0.2, 0.25) is 0 Å². The van der Waals surface area contributed by atoms with Gasteiger partial charge in [0.25, 0.3) is 0 Å². The molecule has 27 nitrogen and oxygen atoms in total. The fourth-order valence-corrected chi connectivity index (χ4v) is 12.4. The van der Waals surface area contributed by atoms with Crippen molar-refractivity contribution in [3.63, 3.8) is 0 Å². The molecule has 4 heterocycles. The van der Waals surface area contributed by atoms with E-state index in [-0.39, 0.29) is 64.2 Å². The Labute approximate surface area is 518 Å². The number of H-pyrrole nitrogens is 1. The summed E-state index contributed by atoms with van der Waals surface area (Å²) in [7, 11) is -2.39. The van der Waals surface area contributed by atoms with Crippen LogP contribution in [0.3, 0.4) is 0 Å². The lowest BCUT2D eigenvalue weighted by atomic mass is 9.85. The number of ketones is 3. The molecular weight excluding hydrogens is 1230 g/mol. The summed E-state index contributed by atoms with van der Waals surface area (Å²) in [6.07, 6.45) is -5.94. The van der Waals surface area contributed by atoms with E-state index in [0.717, 1.165) is 4.90 Å². The van der Waals surface area contributed by atoms with Gasteiger partial charge < -0.3 is 72.9 Å². The third-order valence-electron chi connectivity index (χ3n) is 16.1. The Bertz CT molecular complexity index is 3160. The molecule has 6 rings (SSSR count). The van der Waals surface area contributed by atoms with E-state index in [0.29, 0.717) is 23.1 Å². The number of anilines is 1. The number of carbonyl (C=O) groups excluding carboxylic acids is 12. The number of nitrogens with one attached hydrogen (secondary N) is 8. The summed E-state index contributed by atoms with van der Waals surface area (Å²) in [4.78, 5) is 169. The monoisotopic (exact) mass is 1310 g/mol. The fourth-order valence-electron chi connectivity index (χ4n) is 10.8. The van der Waals surface area contributed by atoms with Crippen LogP contribution in [0.5, 0.6) is 5.75 Å². The molecule has 88 heavy (non-hydrogen) atoms. The molecule has 0 saturated carbocycles. The number of carbonyl (C=O) groups is 12. The molecule has 3 aromatic rings. The zero-order valence-corrected chi connectivity index (χ0v) is 52.2. The predicted octanol–water partition coefficient (Wildman–Crippen LogP) is -0.796. The van der Waals surface area contributed by atoms with Crippen molar-refractivity contribution in [3.05, 3.63) is 53.6 Å². The Morgan fingerprint density at radius 1 is 0.852 bits per heavy atom. The van der Waals surface area contributed by atoms with E-state index in [1.165, 1.54) is 6.92 Å². The molecule has 13 N–H and O–H groups in total. The topological polar surface area (TPSA) is 421 Å². The number of halogens is 1. The van der Waals surface area contributed by atoms with Crippen LogP contribution in [0.25, 0.3) is 10.9 Å². The van der Waals surface area contributed by atoms with Crippen LogP contribution in [0.1, 0.15) is 91.2 Å². The number of hydrogen-bond donors (Lipinski definition) is 12. The van der Waals surface area contributed by atoms with Crippen LogP contribution >= 0.6 is 15.9 Å². The minimum atomic E-state index is -2.39. The molecule has 0 aliphatic carbocycles. The average Bonchev–Trinajstić information content (AvgIpc) is 1.73. The Morgan fingerprint density at radius 3 is 2.16 bits per heavy atom. The number of hydrogen-bond acceptors (Lipinski definition) is 17. The average molecular weight is 1310 g/mol. The maximum Gasteiger partial charge on any atom is 0.243 e. The van der Waals surface area contributed by atoms with E-state index in [2.05, 4.69) is 58.1 Å². The van der Waals surface area contributed by atoms with Crippen molar-refractivity contribution in [2.24, 2.45) is 41.2 Å². The Kier molecular flexibility index (Phi) is 25.0. The smallest absolute Gasteiger partial charge is 0.243 e. The number of rotatable bonds is 18. The maximum atomic E-state index is 15.2. The third kappa shape index (κ3) is 18.3. The molecule has 1 aromatic heterocycles. The molecule has 0 spiro atoms. The lowest BCUT2D eigenvalue weighted by Crippen LogP contribution is -2.56. The molecule has 2 bridgehead atoms. The van der Waals surface area contributed by atoms with Gasteiger partial charge >= 0.3 is 0 Å². The lowest BCUT2D eigenvalue weighted by Gasteiger charge is -2.32. The van der Waals surface area contributed by atoms with Gasteiger partial charge in [-0.25, -0.2) is 0 Å². The van der Waals surface area contributed by atoms with Crippen molar-refractivity contribution in [1.82, 2.24) is 41.8 Å². The molecule has 3 aliphatic rings. The van der Waals surface area contributed by atoms with Crippen molar-refractivity contribution in [1.29, 1.82) is 0 Å². The van der Waals surface area contributed by atoms with Crippen molar-refractivity contribution >= 4 is 114 Å². The number of aromatic amines is 1. The largest absolute Gasteiger partial charge is 0.489 e. The highest BCUT2D eigenvalue weighted by Crippen LogP contribution is 2.33. The molecular formula is C59H79BrN10O17S. The lowest BCUT2D eigenvalue weighted by molar-refractivity contribution is -0.145. The van der Waals surface area contributed by atoms with Crippen LogP contribution in [0.15, 0.2) is 47.5 Å². The number of aromatic nitrogens is 1. The molecule has 1 fully saturated rings. The number of nitrogens with two attached hydrogens (primary N) is 1. The Morgan fingerprint density at radius 2 is 1.52 bits per heavy atom. The van der Waals surface area contributed by atoms with Gasteiger partial charge in [0.2, 0.25) is 53.2 Å². The molecule has 9 amide bonds. The van der Waals surface area contributed by atoms with E-state index in [9.17, 15) is 72.9 Å². The van der Waals surface area contributed by atoms with E-state index >= 15 is 4.21 Å². The van der Waals surface area contributed by atoms with E-state index in [1.807, 2.05) is 0 Å². The van der Waals surface area contributed by atoms with Crippen LogP contribution in [0.4, 0.5) is 5.69 Å². The van der Waals surface area contributed by atoms with Crippen molar-refractivity contribution in [2.45, 2.75) is 141 Å². The van der Waals surface area contributed by atoms with Gasteiger partial charge in [0.05, 0.1) is 83.3 Å². The first-order chi connectivity index (χ1) is 41.6. The van der Waals surface area contributed by atoms with E-state index in [1.54, 1.807) is 77.1 Å². The van der Waals surface area contributed by atoms with Crippen molar-refractivity contribution < 1.29 is 81.8 Å². The van der Waals surface area contributed by atoms with Crippen LogP contribution in [-0.4, -0.2) is 180 Å². The number of aliphatic hydroxyl groups excluding tert-OH is 3. The van der Waals surface area contributed by atoms with E-state index < -0.39 is 199 Å². The fraction of sp³-hybridized carbons (Fsp3) is 0.559. The first kappa shape index (κ1) is 69.6. The highest BCUT2D eigenvalue weighted by atomic mass is 79.9. The molecule has 480 valence electrons. The molecule has 0 radical (unpaired) electrons. The number of alkyl halides is 1. The molecule has 13 atom stereocenters. The molecule has 2 aromatic carbocycles. The van der Waals surface area contributed by atoms with Gasteiger partial charge in [0.15, 0.2) is 17.3 Å². The van der Waals surface area contributed by atoms with Gasteiger partial charge in [0, 0.05) is 73.5 Å².